The van der Waals surface area contributed by atoms with Crippen molar-refractivity contribution >= 4 is 0 Å². The van der Waals surface area contributed by atoms with Gasteiger partial charge >= 0.3 is 0 Å². The van der Waals surface area contributed by atoms with Crippen LogP contribution in [0, 0.1) is 12.3 Å². The Labute approximate surface area is 74.4 Å². The zero-order chi connectivity index (χ0) is 9.23. The molecule has 12 heavy (non-hydrogen) atoms. The minimum atomic E-state index is 0.0202. The van der Waals surface area contributed by atoms with Crippen LogP contribution < -0.4 is 5.32 Å². The lowest BCUT2D eigenvalue weighted by molar-refractivity contribution is 0.0656. The topological polar surface area (TPSA) is 30.5 Å². The molecule has 0 aromatic heterocycles. The fraction of sp³-hybridized carbons (Fsp3) is 0.778. The number of likely N-dealkylation sites (N-methyl/N-ethyl adjacent to an activating group) is 1. The van der Waals surface area contributed by atoms with Crippen LogP contribution in [-0.4, -0.2) is 39.5 Å². The lowest BCUT2D eigenvalue weighted by atomic mass is 10.3. The van der Waals surface area contributed by atoms with E-state index in [2.05, 4.69) is 11.2 Å². The summed E-state index contributed by atoms with van der Waals surface area (Å²) in [6.45, 7) is 4.64. The molecule has 1 N–H and O–H groups in total. The van der Waals surface area contributed by atoms with Crippen molar-refractivity contribution in [2.75, 3.05) is 33.5 Å². The van der Waals surface area contributed by atoms with Gasteiger partial charge in [-0.25, -0.2) is 0 Å². The Kier molecular flexibility index (Phi) is 8.14. The van der Waals surface area contributed by atoms with E-state index in [0.717, 1.165) is 6.54 Å². The summed E-state index contributed by atoms with van der Waals surface area (Å²) in [6.07, 6.45) is 5.25. The standard InChI is InChI=1S/C9H17NO2/c1-4-9(10-5-2)8-12-7-6-11-3/h1,9-10H,5-8H2,2-3H3. The van der Waals surface area contributed by atoms with Gasteiger partial charge in [0.25, 0.3) is 0 Å². The molecule has 0 heterocycles. The van der Waals surface area contributed by atoms with Gasteiger partial charge in [-0.3, -0.25) is 0 Å². The summed E-state index contributed by atoms with van der Waals surface area (Å²) in [5.41, 5.74) is 0. The van der Waals surface area contributed by atoms with Crippen molar-refractivity contribution in [1.29, 1.82) is 0 Å². The van der Waals surface area contributed by atoms with Crippen LogP contribution in [0.5, 0.6) is 0 Å². The largest absolute Gasteiger partial charge is 0.382 e. The molecule has 0 aliphatic heterocycles. The summed E-state index contributed by atoms with van der Waals surface area (Å²) in [7, 11) is 1.65. The summed E-state index contributed by atoms with van der Waals surface area (Å²) in [5, 5.41) is 3.11. The maximum absolute atomic E-state index is 5.25. The summed E-state index contributed by atoms with van der Waals surface area (Å²) in [6, 6.07) is 0.0202. The quantitative estimate of drug-likeness (QED) is 0.440. The fourth-order valence-electron chi connectivity index (χ4n) is 0.756. The number of methoxy groups -OCH3 is 1. The molecule has 1 atom stereocenters. The van der Waals surface area contributed by atoms with Crippen LogP contribution in [0.1, 0.15) is 6.92 Å². The first-order valence-corrected chi connectivity index (χ1v) is 4.11. The van der Waals surface area contributed by atoms with Gasteiger partial charge < -0.3 is 14.8 Å². The van der Waals surface area contributed by atoms with Gasteiger partial charge in [0.15, 0.2) is 0 Å². The molecular weight excluding hydrogens is 154 g/mol. The summed E-state index contributed by atoms with van der Waals surface area (Å²) < 4.78 is 10.1. The first-order chi connectivity index (χ1) is 5.85. The third kappa shape index (κ3) is 6.17. The second-order valence-corrected chi connectivity index (χ2v) is 2.34. The molecule has 0 bridgehead atoms. The highest BCUT2D eigenvalue weighted by molar-refractivity contribution is 4.98. The smallest absolute Gasteiger partial charge is 0.0923 e. The molecule has 1 unspecified atom stereocenters. The third-order valence-corrected chi connectivity index (χ3v) is 1.37. The van der Waals surface area contributed by atoms with Gasteiger partial charge in [0, 0.05) is 7.11 Å². The first-order valence-electron chi connectivity index (χ1n) is 4.11. The summed E-state index contributed by atoms with van der Waals surface area (Å²) in [4.78, 5) is 0. The highest BCUT2D eigenvalue weighted by Crippen LogP contribution is 1.83. The fourth-order valence-corrected chi connectivity index (χ4v) is 0.756. The van der Waals surface area contributed by atoms with Crippen LogP contribution in [0.25, 0.3) is 0 Å². The molecule has 3 nitrogen and oxygen atoms in total. The van der Waals surface area contributed by atoms with Crippen molar-refractivity contribution in [3.8, 4) is 12.3 Å². The molecule has 0 saturated heterocycles. The SMILES string of the molecule is C#CC(COCCOC)NCC. The van der Waals surface area contributed by atoms with Crippen molar-refractivity contribution in [1.82, 2.24) is 5.32 Å². The Morgan fingerprint density at radius 3 is 2.75 bits per heavy atom. The molecule has 0 radical (unpaired) electrons. The zero-order valence-electron chi connectivity index (χ0n) is 7.80. The average Bonchev–Trinajstić information content (AvgIpc) is 2.10. The Hall–Kier alpha value is -0.560. The van der Waals surface area contributed by atoms with Crippen LogP contribution in [0.4, 0.5) is 0 Å². The van der Waals surface area contributed by atoms with E-state index in [1.807, 2.05) is 6.92 Å². The molecule has 0 saturated carbocycles. The Bertz CT molecular complexity index is 131. The lowest BCUT2D eigenvalue weighted by Crippen LogP contribution is -2.32. The van der Waals surface area contributed by atoms with Crippen molar-refractivity contribution in [2.24, 2.45) is 0 Å². The zero-order valence-corrected chi connectivity index (χ0v) is 7.80. The molecule has 0 fully saturated rings. The number of terminal acetylenes is 1. The predicted molar refractivity (Wildman–Crippen MR) is 49.0 cm³/mol. The molecule has 0 amide bonds. The molecule has 70 valence electrons. The summed E-state index contributed by atoms with van der Waals surface area (Å²) >= 11 is 0. The average molecular weight is 171 g/mol. The molecular formula is C9H17NO2. The minimum Gasteiger partial charge on any atom is -0.382 e. The third-order valence-electron chi connectivity index (χ3n) is 1.37. The second kappa shape index (κ2) is 8.54. The van der Waals surface area contributed by atoms with Gasteiger partial charge in [-0.15, -0.1) is 6.42 Å². The van der Waals surface area contributed by atoms with E-state index in [-0.39, 0.29) is 6.04 Å². The van der Waals surface area contributed by atoms with E-state index in [9.17, 15) is 0 Å². The van der Waals surface area contributed by atoms with E-state index >= 15 is 0 Å². The number of hydrogen-bond donors (Lipinski definition) is 1. The number of hydrogen-bond acceptors (Lipinski definition) is 3. The Morgan fingerprint density at radius 1 is 1.50 bits per heavy atom. The van der Waals surface area contributed by atoms with E-state index in [0.29, 0.717) is 19.8 Å². The maximum Gasteiger partial charge on any atom is 0.0923 e. The van der Waals surface area contributed by atoms with Gasteiger partial charge in [0.05, 0.1) is 25.9 Å². The van der Waals surface area contributed by atoms with Crippen LogP contribution in [0.2, 0.25) is 0 Å². The lowest BCUT2D eigenvalue weighted by Gasteiger charge is -2.11. The number of rotatable bonds is 7. The van der Waals surface area contributed by atoms with Gasteiger partial charge in [-0.05, 0) is 6.54 Å². The van der Waals surface area contributed by atoms with Gasteiger partial charge in [0.2, 0.25) is 0 Å². The van der Waals surface area contributed by atoms with Crippen LogP contribution in [-0.2, 0) is 9.47 Å². The highest BCUT2D eigenvalue weighted by Gasteiger charge is 2.01. The summed E-state index contributed by atoms with van der Waals surface area (Å²) in [5.74, 6) is 2.60. The van der Waals surface area contributed by atoms with Crippen molar-refractivity contribution in [2.45, 2.75) is 13.0 Å². The van der Waals surface area contributed by atoms with Crippen molar-refractivity contribution in [3.05, 3.63) is 0 Å². The Balaban J connectivity index is 3.27. The molecule has 3 heteroatoms. The maximum atomic E-state index is 5.25. The van der Waals surface area contributed by atoms with E-state index in [1.165, 1.54) is 0 Å². The first kappa shape index (κ1) is 11.4. The molecule has 0 aliphatic carbocycles. The minimum absolute atomic E-state index is 0.0202. The monoisotopic (exact) mass is 171 g/mol. The van der Waals surface area contributed by atoms with Crippen LogP contribution in [0.3, 0.4) is 0 Å². The number of ether oxygens (including phenoxy) is 2. The van der Waals surface area contributed by atoms with E-state index < -0.39 is 0 Å². The molecule has 0 aliphatic rings. The van der Waals surface area contributed by atoms with Gasteiger partial charge in [-0.1, -0.05) is 12.8 Å². The predicted octanol–water partition coefficient (Wildman–Crippen LogP) is 0.261. The molecule has 0 spiro atoms. The van der Waals surface area contributed by atoms with E-state index in [4.69, 9.17) is 15.9 Å². The van der Waals surface area contributed by atoms with Crippen LogP contribution >= 0.6 is 0 Å². The molecule has 0 rings (SSSR count). The second-order valence-electron chi connectivity index (χ2n) is 2.34. The van der Waals surface area contributed by atoms with Gasteiger partial charge in [0.1, 0.15) is 0 Å². The van der Waals surface area contributed by atoms with Crippen molar-refractivity contribution < 1.29 is 9.47 Å². The number of nitrogens with one attached hydrogen (secondary N) is 1. The molecule has 0 aromatic rings. The van der Waals surface area contributed by atoms with E-state index in [1.54, 1.807) is 7.11 Å². The molecule has 0 aromatic carbocycles. The van der Waals surface area contributed by atoms with Gasteiger partial charge in [-0.2, -0.15) is 0 Å². The highest BCUT2D eigenvalue weighted by atomic mass is 16.5. The Morgan fingerprint density at radius 2 is 2.25 bits per heavy atom. The van der Waals surface area contributed by atoms with Crippen LogP contribution in [0.15, 0.2) is 0 Å². The van der Waals surface area contributed by atoms with Crippen molar-refractivity contribution in [3.63, 3.8) is 0 Å². The normalized spacial score (nSPS) is 12.4.